The van der Waals surface area contributed by atoms with Crippen molar-refractivity contribution in [1.29, 1.82) is 0 Å². The second kappa shape index (κ2) is 10.0. The Morgan fingerprint density at radius 2 is 2.00 bits per heavy atom. The van der Waals surface area contributed by atoms with Crippen molar-refractivity contribution in [3.05, 3.63) is 36.2 Å². The number of rotatable bonds is 8. The number of amides is 1. The normalized spacial score (nSPS) is 11.1. The van der Waals surface area contributed by atoms with E-state index in [1.54, 1.807) is 21.8 Å². The van der Waals surface area contributed by atoms with Gasteiger partial charge in [-0.1, -0.05) is 17.4 Å². The molecule has 158 valence electrons. The first-order valence-electron chi connectivity index (χ1n) is 9.44. The lowest BCUT2D eigenvalue weighted by Gasteiger charge is -2.22. The first-order valence-corrected chi connectivity index (χ1v) is 10.3. The molecule has 2 aromatic heterocycles. The van der Waals surface area contributed by atoms with Gasteiger partial charge in [-0.2, -0.15) is 5.10 Å². The fourth-order valence-corrected chi connectivity index (χ4v) is 3.92. The molecule has 0 unspecified atom stereocenters. The Labute approximate surface area is 181 Å². The summed E-state index contributed by atoms with van der Waals surface area (Å²) in [7, 11) is 3.99. The van der Waals surface area contributed by atoms with Gasteiger partial charge >= 0.3 is 0 Å². The van der Waals surface area contributed by atoms with Gasteiger partial charge in [-0.05, 0) is 53.1 Å². The lowest BCUT2D eigenvalue weighted by Crippen LogP contribution is -2.38. The van der Waals surface area contributed by atoms with Gasteiger partial charge in [0.25, 0.3) is 5.91 Å². The van der Waals surface area contributed by atoms with Crippen LogP contribution in [0.15, 0.2) is 30.5 Å². The first-order chi connectivity index (χ1) is 13.4. The van der Waals surface area contributed by atoms with E-state index in [1.807, 2.05) is 53.1 Å². The zero-order chi connectivity index (χ0) is 20.3. The van der Waals surface area contributed by atoms with E-state index in [2.05, 4.69) is 10.00 Å². The van der Waals surface area contributed by atoms with Crippen molar-refractivity contribution in [3.8, 4) is 5.75 Å². The summed E-state index contributed by atoms with van der Waals surface area (Å²) in [6, 6.07) is 7.74. The number of hydrogen-bond acceptors (Lipinski definition) is 6. The second-order valence-electron chi connectivity index (χ2n) is 7.05. The van der Waals surface area contributed by atoms with Crippen molar-refractivity contribution in [3.63, 3.8) is 0 Å². The van der Waals surface area contributed by atoms with Crippen LogP contribution in [0.4, 0.5) is 5.13 Å². The number of para-hydroxylation sites is 1. The van der Waals surface area contributed by atoms with Gasteiger partial charge in [0.15, 0.2) is 5.13 Å². The average molecular weight is 438 g/mol. The lowest BCUT2D eigenvalue weighted by atomic mass is 10.3. The van der Waals surface area contributed by atoms with E-state index in [0.29, 0.717) is 24.0 Å². The van der Waals surface area contributed by atoms with E-state index in [4.69, 9.17) is 9.72 Å². The Morgan fingerprint density at radius 3 is 2.66 bits per heavy atom. The summed E-state index contributed by atoms with van der Waals surface area (Å²) in [5.41, 5.74) is 1.36. The molecule has 2 heterocycles. The molecular formula is C20H28ClN5O2S. The van der Waals surface area contributed by atoms with Crippen LogP contribution in [-0.2, 0) is 0 Å². The van der Waals surface area contributed by atoms with E-state index in [9.17, 15) is 4.79 Å². The number of nitrogens with zero attached hydrogens (tertiary/aromatic N) is 5. The van der Waals surface area contributed by atoms with Crippen molar-refractivity contribution in [1.82, 2.24) is 19.7 Å². The third-order valence-corrected chi connectivity index (χ3v) is 5.34. The quantitative estimate of drug-likeness (QED) is 0.530. The number of carbonyl (C=O) groups excluding carboxylic acids is 1. The number of carbonyl (C=O) groups is 1. The van der Waals surface area contributed by atoms with Crippen molar-refractivity contribution in [2.75, 3.05) is 38.7 Å². The maximum atomic E-state index is 13.4. The third-order valence-electron chi connectivity index (χ3n) is 4.30. The fourth-order valence-electron chi connectivity index (χ4n) is 2.92. The molecule has 0 spiro atoms. The summed E-state index contributed by atoms with van der Waals surface area (Å²) in [4.78, 5) is 22.0. The van der Waals surface area contributed by atoms with Gasteiger partial charge in [0, 0.05) is 25.3 Å². The van der Waals surface area contributed by atoms with Gasteiger partial charge in [-0.25, -0.2) is 4.98 Å². The van der Waals surface area contributed by atoms with Crippen LogP contribution in [-0.4, -0.2) is 59.4 Å². The molecule has 0 saturated carbocycles. The molecule has 3 rings (SSSR count). The van der Waals surface area contributed by atoms with Crippen molar-refractivity contribution >= 4 is 45.0 Å². The zero-order valence-corrected chi connectivity index (χ0v) is 19.1. The number of hydrogen-bond donors (Lipinski definition) is 0. The largest absolute Gasteiger partial charge is 0.492 e. The Morgan fingerprint density at radius 1 is 1.24 bits per heavy atom. The molecule has 0 saturated heterocycles. The SMILES string of the molecule is CCOc1cccc2sc(N(CCN(C)C)C(=O)c3ccnn3C(C)C)nc12.Cl. The number of ether oxygens (including phenoxy) is 1. The Kier molecular flexibility index (Phi) is 8.01. The molecule has 0 radical (unpaired) electrons. The molecule has 0 N–H and O–H groups in total. The van der Waals surface area contributed by atoms with E-state index >= 15 is 0 Å². The highest BCUT2D eigenvalue weighted by Gasteiger charge is 2.25. The van der Waals surface area contributed by atoms with E-state index in [1.165, 1.54) is 11.3 Å². The fraction of sp³-hybridized carbons (Fsp3) is 0.450. The third kappa shape index (κ3) is 5.07. The monoisotopic (exact) mass is 437 g/mol. The van der Waals surface area contributed by atoms with Crippen LogP contribution in [0, 0.1) is 0 Å². The molecule has 0 atom stereocenters. The number of halogens is 1. The number of thiazole rings is 1. The standard InChI is InChI=1S/C20H27N5O2S.ClH/c1-6-27-16-8-7-9-17-18(16)22-20(28-17)24(13-12-23(4)5)19(26)15-10-11-21-25(15)14(2)3;/h7-11,14H,6,12-13H2,1-5H3;1H. The molecule has 29 heavy (non-hydrogen) atoms. The highest BCUT2D eigenvalue weighted by atomic mass is 35.5. The summed E-state index contributed by atoms with van der Waals surface area (Å²) in [5, 5.41) is 4.98. The highest BCUT2D eigenvalue weighted by molar-refractivity contribution is 7.22. The molecule has 0 fully saturated rings. The van der Waals surface area contributed by atoms with E-state index < -0.39 is 0 Å². The Balaban J connectivity index is 0.00000300. The van der Waals surface area contributed by atoms with Crippen LogP contribution in [0.5, 0.6) is 5.75 Å². The first kappa shape index (κ1) is 23.1. The zero-order valence-electron chi connectivity index (χ0n) is 17.5. The molecule has 1 amide bonds. The van der Waals surface area contributed by atoms with Gasteiger partial charge in [-0.3, -0.25) is 14.4 Å². The summed E-state index contributed by atoms with van der Waals surface area (Å²) in [6.45, 7) is 7.82. The van der Waals surface area contributed by atoms with Gasteiger partial charge in [0.1, 0.15) is 17.0 Å². The summed E-state index contributed by atoms with van der Waals surface area (Å²) < 4.78 is 8.47. The highest BCUT2D eigenvalue weighted by Crippen LogP contribution is 2.34. The second-order valence-corrected chi connectivity index (χ2v) is 8.06. The molecule has 0 aliphatic heterocycles. The smallest absolute Gasteiger partial charge is 0.278 e. The molecule has 0 aliphatic carbocycles. The summed E-state index contributed by atoms with van der Waals surface area (Å²) >= 11 is 1.50. The maximum absolute atomic E-state index is 13.4. The minimum absolute atomic E-state index is 0. The number of anilines is 1. The Hall–Kier alpha value is -2.16. The Bertz CT molecular complexity index is 953. The predicted octanol–water partition coefficient (Wildman–Crippen LogP) is 4.10. The molecule has 0 bridgehead atoms. The van der Waals surface area contributed by atoms with Crippen LogP contribution in [0.1, 0.15) is 37.3 Å². The van der Waals surface area contributed by atoms with Gasteiger partial charge < -0.3 is 9.64 Å². The number of fused-ring (bicyclic) bond motifs is 1. The van der Waals surface area contributed by atoms with Crippen LogP contribution >= 0.6 is 23.7 Å². The molecule has 1 aromatic carbocycles. The maximum Gasteiger partial charge on any atom is 0.278 e. The molecule has 9 heteroatoms. The molecule has 7 nitrogen and oxygen atoms in total. The van der Waals surface area contributed by atoms with Crippen LogP contribution in [0.25, 0.3) is 10.2 Å². The molecular weight excluding hydrogens is 410 g/mol. The van der Waals surface area contributed by atoms with Gasteiger partial charge in [-0.15, -0.1) is 12.4 Å². The number of benzene rings is 1. The minimum Gasteiger partial charge on any atom is -0.492 e. The van der Waals surface area contributed by atoms with Crippen molar-refractivity contribution in [2.45, 2.75) is 26.8 Å². The van der Waals surface area contributed by atoms with Crippen molar-refractivity contribution < 1.29 is 9.53 Å². The van der Waals surface area contributed by atoms with E-state index in [-0.39, 0.29) is 24.4 Å². The topological polar surface area (TPSA) is 63.5 Å². The minimum atomic E-state index is -0.0925. The van der Waals surface area contributed by atoms with Crippen LogP contribution < -0.4 is 9.64 Å². The van der Waals surface area contributed by atoms with Crippen molar-refractivity contribution in [2.24, 2.45) is 0 Å². The van der Waals surface area contributed by atoms with Gasteiger partial charge in [0.2, 0.25) is 0 Å². The number of likely N-dealkylation sites (N-methyl/N-ethyl adjacent to an activating group) is 1. The predicted molar refractivity (Wildman–Crippen MR) is 121 cm³/mol. The molecule has 3 aromatic rings. The van der Waals surface area contributed by atoms with Gasteiger partial charge in [0.05, 0.1) is 11.3 Å². The lowest BCUT2D eigenvalue weighted by molar-refractivity contribution is 0.0973. The summed E-state index contributed by atoms with van der Waals surface area (Å²) in [6.07, 6.45) is 1.67. The van der Waals surface area contributed by atoms with Crippen LogP contribution in [0.2, 0.25) is 0 Å². The van der Waals surface area contributed by atoms with Crippen LogP contribution in [0.3, 0.4) is 0 Å². The van der Waals surface area contributed by atoms with E-state index in [0.717, 1.165) is 22.5 Å². The summed E-state index contributed by atoms with van der Waals surface area (Å²) in [5.74, 6) is 0.653. The average Bonchev–Trinajstić information content (AvgIpc) is 3.29. The number of aromatic nitrogens is 3. The molecule has 0 aliphatic rings.